The molecule has 292 valence electrons. The first kappa shape index (κ1) is 41.1. The first-order chi connectivity index (χ1) is 25.7. The van der Waals surface area contributed by atoms with E-state index in [1.807, 2.05) is 0 Å². The predicted molar refractivity (Wildman–Crippen MR) is 180 cm³/mol. The van der Waals surface area contributed by atoms with Crippen LogP contribution in [0.5, 0.6) is 23.0 Å². The number of benzene rings is 2. The van der Waals surface area contributed by atoms with Gasteiger partial charge in [-0.2, -0.15) is 0 Å². The average Bonchev–Trinajstić information content (AvgIpc) is 3.13. The van der Waals surface area contributed by atoms with E-state index in [9.17, 15) is 54.9 Å². The summed E-state index contributed by atoms with van der Waals surface area (Å²) in [7, 11) is 1.09. The summed E-state index contributed by atoms with van der Waals surface area (Å²) in [6.45, 7) is -0.408. The zero-order valence-electron chi connectivity index (χ0n) is 29.0. The number of esters is 4. The SMILES string of the molecule is COC(=O)C1=COC(OC2OC(COC(=O)C=Cc3ccc(O)c(O)c3)C(O)C(OC(C)=O)C2O)C(=CCO)C1CC(=O)OCCc1ccc(O)c(O)c1. The molecule has 1 fully saturated rings. The van der Waals surface area contributed by atoms with Crippen molar-refractivity contribution in [2.45, 2.75) is 56.8 Å². The van der Waals surface area contributed by atoms with Gasteiger partial charge in [0, 0.05) is 30.9 Å². The molecule has 2 heterocycles. The summed E-state index contributed by atoms with van der Waals surface area (Å²) in [5.74, 6) is -6.13. The number of aliphatic hydroxyl groups excluding tert-OH is 3. The van der Waals surface area contributed by atoms with Crippen molar-refractivity contribution in [3.05, 3.63) is 77.1 Å². The van der Waals surface area contributed by atoms with Crippen LogP contribution >= 0.6 is 0 Å². The molecule has 18 heteroatoms. The quantitative estimate of drug-likeness (QED) is 0.0456. The fourth-order valence-corrected chi connectivity index (χ4v) is 5.49. The molecule has 0 aromatic heterocycles. The Kier molecular flexibility index (Phi) is 14.4. The molecule has 18 nitrogen and oxygen atoms in total. The second-order valence-corrected chi connectivity index (χ2v) is 11.9. The number of ether oxygens (including phenoxy) is 7. The van der Waals surface area contributed by atoms with Crippen LogP contribution in [-0.2, 0) is 58.8 Å². The van der Waals surface area contributed by atoms with Gasteiger partial charge in [-0.1, -0.05) is 18.2 Å². The zero-order chi connectivity index (χ0) is 39.5. The van der Waals surface area contributed by atoms with Crippen LogP contribution in [0.4, 0.5) is 0 Å². The Hall–Kier alpha value is -5.66. The van der Waals surface area contributed by atoms with Crippen molar-refractivity contribution in [2.75, 3.05) is 26.9 Å². The Morgan fingerprint density at radius 3 is 2.26 bits per heavy atom. The lowest BCUT2D eigenvalue weighted by Crippen LogP contribution is -2.61. The molecule has 7 N–H and O–H groups in total. The highest BCUT2D eigenvalue weighted by Crippen LogP contribution is 2.37. The lowest BCUT2D eigenvalue weighted by atomic mass is 9.86. The molecule has 2 aromatic rings. The van der Waals surface area contributed by atoms with Crippen molar-refractivity contribution < 1.29 is 88.1 Å². The van der Waals surface area contributed by atoms with E-state index in [4.69, 9.17) is 33.2 Å². The van der Waals surface area contributed by atoms with Crippen LogP contribution in [0.25, 0.3) is 6.08 Å². The van der Waals surface area contributed by atoms with E-state index in [-0.39, 0.29) is 41.4 Å². The molecular weight excluding hydrogens is 720 g/mol. The summed E-state index contributed by atoms with van der Waals surface area (Å²) in [5.41, 5.74) is 0.737. The first-order valence-electron chi connectivity index (χ1n) is 16.3. The maximum Gasteiger partial charge on any atom is 0.337 e. The minimum absolute atomic E-state index is 0.000137. The van der Waals surface area contributed by atoms with Gasteiger partial charge in [0.1, 0.15) is 24.9 Å². The maximum absolute atomic E-state index is 13.0. The smallest absolute Gasteiger partial charge is 0.337 e. The largest absolute Gasteiger partial charge is 0.504 e. The number of phenols is 4. The van der Waals surface area contributed by atoms with E-state index in [1.165, 1.54) is 48.6 Å². The van der Waals surface area contributed by atoms with Gasteiger partial charge in [-0.15, -0.1) is 0 Å². The molecule has 2 aromatic carbocycles. The molecule has 1 saturated heterocycles. The highest BCUT2D eigenvalue weighted by molar-refractivity contribution is 5.91. The number of hydrogen-bond donors (Lipinski definition) is 7. The predicted octanol–water partition coefficient (Wildman–Crippen LogP) is 0.584. The topological polar surface area (TPSA) is 274 Å². The van der Waals surface area contributed by atoms with Crippen LogP contribution in [0.1, 0.15) is 24.5 Å². The van der Waals surface area contributed by atoms with Crippen LogP contribution in [0.2, 0.25) is 0 Å². The van der Waals surface area contributed by atoms with Gasteiger partial charge < -0.3 is 68.9 Å². The number of hydrogen-bond acceptors (Lipinski definition) is 18. The monoisotopic (exact) mass is 760 g/mol. The van der Waals surface area contributed by atoms with Crippen molar-refractivity contribution in [2.24, 2.45) is 5.92 Å². The molecule has 0 radical (unpaired) electrons. The molecule has 2 aliphatic heterocycles. The molecule has 0 aliphatic carbocycles. The van der Waals surface area contributed by atoms with Gasteiger partial charge >= 0.3 is 23.9 Å². The van der Waals surface area contributed by atoms with Crippen LogP contribution in [0.3, 0.4) is 0 Å². The molecule has 0 saturated carbocycles. The van der Waals surface area contributed by atoms with Crippen LogP contribution in [-0.4, -0.2) is 124 Å². The summed E-state index contributed by atoms with van der Waals surface area (Å²) < 4.78 is 37.8. The minimum atomic E-state index is -1.87. The highest BCUT2D eigenvalue weighted by atomic mass is 16.8. The molecule has 0 bridgehead atoms. The van der Waals surface area contributed by atoms with Crippen molar-refractivity contribution >= 4 is 30.0 Å². The summed E-state index contributed by atoms with van der Waals surface area (Å²) in [6, 6.07) is 7.91. The van der Waals surface area contributed by atoms with Crippen molar-refractivity contribution in [1.82, 2.24) is 0 Å². The van der Waals surface area contributed by atoms with E-state index in [2.05, 4.69) is 0 Å². The summed E-state index contributed by atoms with van der Waals surface area (Å²) in [5, 5.41) is 70.3. The molecule has 7 unspecified atom stereocenters. The third kappa shape index (κ3) is 10.7. The Balaban J connectivity index is 1.49. The third-order valence-corrected chi connectivity index (χ3v) is 8.18. The fourth-order valence-electron chi connectivity index (χ4n) is 5.49. The lowest BCUT2D eigenvalue weighted by molar-refractivity contribution is -0.329. The molecular formula is C36H40O18. The van der Waals surface area contributed by atoms with Gasteiger partial charge in [-0.3, -0.25) is 9.59 Å². The van der Waals surface area contributed by atoms with Crippen molar-refractivity contribution in [3.8, 4) is 23.0 Å². The fraction of sp³-hybridized carbons (Fsp3) is 0.389. The molecule has 2 aliphatic rings. The van der Waals surface area contributed by atoms with Gasteiger partial charge in [0.25, 0.3) is 0 Å². The van der Waals surface area contributed by atoms with Gasteiger partial charge in [-0.05, 0) is 41.5 Å². The standard InChI is InChI=1S/C36H40O18/c1-18(38)52-33-31(45)28(17-50-29(43)8-5-19-3-6-24(39)26(41)13-19)53-36(32(33)46)54-35-21(9-11-37)22(23(16-51-35)34(47)48-2)15-30(44)49-12-10-20-4-7-25(40)27(42)14-20/h3-9,13-14,16,22,28,31-33,35-37,39-42,45-46H,10-12,15,17H2,1-2H3. The van der Waals surface area contributed by atoms with Crippen LogP contribution in [0, 0.1) is 5.92 Å². The summed E-state index contributed by atoms with van der Waals surface area (Å²) in [6.07, 6.45) is -6.00. The van der Waals surface area contributed by atoms with Crippen molar-refractivity contribution in [1.29, 1.82) is 0 Å². The molecule has 0 spiro atoms. The summed E-state index contributed by atoms with van der Waals surface area (Å²) in [4.78, 5) is 50.1. The number of phenolic OH excluding ortho intramolecular Hbond substituents is 4. The van der Waals surface area contributed by atoms with Gasteiger partial charge in [0.15, 0.2) is 35.4 Å². The number of carbonyl (C=O) groups excluding carboxylic acids is 4. The molecule has 4 rings (SSSR count). The highest BCUT2D eigenvalue weighted by Gasteiger charge is 2.49. The van der Waals surface area contributed by atoms with Gasteiger partial charge in [-0.25, -0.2) is 9.59 Å². The zero-order valence-corrected chi connectivity index (χ0v) is 29.0. The van der Waals surface area contributed by atoms with E-state index in [0.29, 0.717) is 11.1 Å². The number of methoxy groups -OCH3 is 1. The second kappa shape index (κ2) is 18.9. The Morgan fingerprint density at radius 2 is 1.61 bits per heavy atom. The molecule has 7 atom stereocenters. The van der Waals surface area contributed by atoms with Gasteiger partial charge in [0.2, 0.25) is 6.29 Å². The number of aromatic hydroxyl groups is 4. The molecule has 0 amide bonds. The normalized spacial score (nSPS) is 24.6. The first-order valence-corrected chi connectivity index (χ1v) is 16.3. The van der Waals surface area contributed by atoms with E-state index in [1.54, 1.807) is 0 Å². The number of aliphatic hydroxyl groups is 3. The van der Waals surface area contributed by atoms with E-state index < -0.39 is 92.2 Å². The summed E-state index contributed by atoms with van der Waals surface area (Å²) >= 11 is 0. The number of carbonyl (C=O) groups is 4. The second-order valence-electron chi connectivity index (χ2n) is 11.9. The Morgan fingerprint density at radius 1 is 0.907 bits per heavy atom. The molecule has 54 heavy (non-hydrogen) atoms. The van der Waals surface area contributed by atoms with Crippen molar-refractivity contribution in [3.63, 3.8) is 0 Å². The third-order valence-electron chi connectivity index (χ3n) is 8.18. The number of rotatable bonds is 14. The van der Waals surface area contributed by atoms with Gasteiger partial charge in [0.05, 0.1) is 38.6 Å². The van der Waals surface area contributed by atoms with E-state index >= 15 is 0 Å². The average molecular weight is 761 g/mol. The van der Waals surface area contributed by atoms with Crippen LogP contribution < -0.4 is 0 Å². The minimum Gasteiger partial charge on any atom is -0.504 e. The van der Waals surface area contributed by atoms with E-state index in [0.717, 1.165) is 26.4 Å². The Labute approximate surface area is 307 Å². The van der Waals surface area contributed by atoms with Crippen LogP contribution in [0.15, 0.2) is 66.0 Å². The Bertz CT molecular complexity index is 1770. The lowest BCUT2D eigenvalue weighted by Gasteiger charge is -2.43. The maximum atomic E-state index is 13.0.